The first-order valence-corrected chi connectivity index (χ1v) is 7.75. The number of carbonyl (C=O) groups is 1. The van der Waals surface area contributed by atoms with E-state index >= 15 is 0 Å². The average molecular weight is 312 g/mol. The fourth-order valence-electron chi connectivity index (χ4n) is 2.31. The lowest BCUT2D eigenvalue weighted by molar-refractivity contribution is -0.121. The van der Waals surface area contributed by atoms with Crippen LogP contribution in [0.25, 0.3) is 11.2 Å². The molecule has 0 spiro atoms. The minimum atomic E-state index is -0.0337. The molecule has 1 N–H and O–H groups in total. The van der Waals surface area contributed by atoms with Gasteiger partial charge in [-0.3, -0.25) is 9.48 Å². The zero-order valence-corrected chi connectivity index (χ0v) is 13.7. The fraction of sp³-hybridized carbons (Fsp3) is 0.643. The van der Waals surface area contributed by atoms with Crippen LogP contribution in [0.5, 0.6) is 0 Å². The Morgan fingerprint density at radius 2 is 2.14 bits per heavy atom. The molecule has 2 aromatic rings. The summed E-state index contributed by atoms with van der Waals surface area (Å²) < 4.78 is 3.62. The monoisotopic (exact) mass is 311 g/mol. The summed E-state index contributed by atoms with van der Waals surface area (Å²) in [5.41, 5.74) is 2.62. The molecule has 116 valence electrons. The highest BCUT2D eigenvalue weighted by atomic mass is 35.5. The number of halogens is 1. The highest BCUT2D eigenvalue weighted by Crippen LogP contribution is 2.21. The Labute approximate surface area is 129 Å². The number of carbonyl (C=O) groups excluding carboxylic acids is 1. The number of hydrogen-bond acceptors (Lipinski definition) is 3. The molecule has 0 fully saturated rings. The third-order valence-corrected chi connectivity index (χ3v) is 3.57. The van der Waals surface area contributed by atoms with Crippen molar-refractivity contribution in [2.24, 2.45) is 13.0 Å². The van der Waals surface area contributed by atoms with E-state index in [9.17, 15) is 4.79 Å². The SMILES string of the molecule is CCc1nn(C)c2c1nc(CCl)n2CC(=O)NCC(C)C. The third-order valence-electron chi connectivity index (χ3n) is 3.33. The van der Waals surface area contributed by atoms with Crippen molar-refractivity contribution < 1.29 is 4.79 Å². The van der Waals surface area contributed by atoms with Crippen LogP contribution in [0.4, 0.5) is 0 Å². The second-order valence-electron chi connectivity index (χ2n) is 5.54. The molecule has 7 heteroatoms. The van der Waals surface area contributed by atoms with E-state index < -0.39 is 0 Å². The largest absolute Gasteiger partial charge is 0.354 e. The van der Waals surface area contributed by atoms with Gasteiger partial charge in [0.25, 0.3) is 0 Å². The summed E-state index contributed by atoms with van der Waals surface area (Å²) in [6.07, 6.45) is 0.801. The van der Waals surface area contributed by atoms with Crippen molar-refractivity contribution in [3.8, 4) is 0 Å². The van der Waals surface area contributed by atoms with Crippen LogP contribution in [0, 0.1) is 5.92 Å². The van der Waals surface area contributed by atoms with Crippen molar-refractivity contribution in [3.05, 3.63) is 11.5 Å². The van der Waals surface area contributed by atoms with Crippen molar-refractivity contribution in [1.82, 2.24) is 24.6 Å². The van der Waals surface area contributed by atoms with Gasteiger partial charge in [0.15, 0.2) is 5.65 Å². The smallest absolute Gasteiger partial charge is 0.240 e. The molecule has 21 heavy (non-hydrogen) atoms. The van der Waals surface area contributed by atoms with E-state index in [2.05, 4.69) is 29.2 Å². The first kappa shape index (κ1) is 15.8. The summed E-state index contributed by atoms with van der Waals surface area (Å²) in [7, 11) is 1.86. The van der Waals surface area contributed by atoms with Crippen LogP contribution < -0.4 is 5.32 Å². The van der Waals surface area contributed by atoms with Crippen molar-refractivity contribution in [1.29, 1.82) is 0 Å². The van der Waals surface area contributed by atoms with Gasteiger partial charge in [0.2, 0.25) is 5.91 Å². The molecule has 0 aliphatic heterocycles. The van der Waals surface area contributed by atoms with Gasteiger partial charge in [-0.25, -0.2) is 4.98 Å². The zero-order valence-electron chi connectivity index (χ0n) is 13.0. The van der Waals surface area contributed by atoms with E-state index in [4.69, 9.17) is 11.6 Å². The predicted molar refractivity (Wildman–Crippen MR) is 83.3 cm³/mol. The first-order chi connectivity index (χ1) is 9.97. The van der Waals surface area contributed by atoms with Gasteiger partial charge < -0.3 is 9.88 Å². The van der Waals surface area contributed by atoms with E-state index in [-0.39, 0.29) is 18.3 Å². The maximum absolute atomic E-state index is 12.1. The van der Waals surface area contributed by atoms with Crippen LogP contribution in [0.1, 0.15) is 32.3 Å². The van der Waals surface area contributed by atoms with Gasteiger partial charge >= 0.3 is 0 Å². The molecule has 0 aliphatic rings. The number of rotatable bonds is 6. The number of nitrogens with one attached hydrogen (secondary N) is 1. The van der Waals surface area contributed by atoms with Gasteiger partial charge in [-0.15, -0.1) is 11.6 Å². The molecule has 0 saturated heterocycles. The lowest BCUT2D eigenvalue weighted by Gasteiger charge is -2.10. The standard InChI is InChI=1S/C14H22ClN5O/c1-5-10-13-14(19(4)18-10)20(11(6-15)17-13)8-12(21)16-7-9(2)3/h9H,5-8H2,1-4H3,(H,16,21). The van der Waals surface area contributed by atoms with Crippen LogP contribution in [0.3, 0.4) is 0 Å². The summed E-state index contributed by atoms with van der Waals surface area (Å²) in [6.45, 7) is 7.05. The Balaban J connectivity index is 2.33. The molecule has 2 heterocycles. The van der Waals surface area contributed by atoms with E-state index in [0.29, 0.717) is 18.3 Å². The van der Waals surface area contributed by atoms with Crippen LogP contribution in [-0.4, -0.2) is 31.8 Å². The number of aryl methyl sites for hydroxylation is 2. The molecule has 0 bridgehead atoms. The molecule has 6 nitrogen and oxygen atoms in total. The van der Waals surface area contributed by atoms with Gasteiger partial charge in [-0.2, -0.15) is 5.10 Å². The van der Waals surface area contributed by atoms with E-state index in [1.807, 2.05) is 18.5 Å². The van der Waals surface area contributed by atoms with Crippen LogP contribution in [-0.2, 0) is 30.7 Å². The molecular formula is C14H22ClN5O. The lowest BCUT2D eigenvalue weighted by atomic mass is 10.2. The molecule has 2 aromatic heterocycles. The van der Waals surface area contributed by atoms with Crippen molar-refractivity contribution in [3.63, 3.8) is 0 Å². The Bertz CT molecular complexity index is 643. The number of nitrogens with zero attached hydrogens (tertiary/aromatic N) is 4. The Morgan fingerprint density at radius 1 is 1.43 bits per heavy atom. The molecule has 0 atom stereocenters. The third kappa shape index (κ3) is 3.20. The highest BCUT2D eigenvalue weighted by Gasteiger charge is 2.19. The van der Waals surface area contributed by atoms with Gasteiger partial charge in [-0.05, 0) is 12.3 Å². The van der Waals surface area contributed by atoms with E-state index in [1.54, 1.807) is 4.68 Å². The second kappa shape index (κ2) is 6.47. The fourth-order valence-corrected chi connectivity index (χ4v) is 2.51. The van der Waals surface area contributed by atoms with Crippen LogP contribution >= 0.6 is 11.6 Å². The number of alkyl halides is 1. The van der Waals surface area contributed by atoms with Crippen molar-refractivity contribution >= 4 is 28.7 Å². The summed E-state index contributed by atoms with van der Waals surface area (Å²) in [6, 6.07) is 0. The van der Waals surface area contributed by atoms with Gasteiger partial charge in [0.1, 0.15) is 17.9 Å². The second-order valence-corrected chi connectivity index (χ2v) is 5.81. The number of imidazole rings is 1. The summed E-state index contributed by atoms with van der Waals surface area (Å²) in [4.78, 5) is 16.6. The molecule has 0 radical (unpaired) electrons. The molecule has 2 rings (SSSR count). The van der Waals surface area contributed by atoms with Crippen molar-refractivity contribution in [2.45, 2.75) is 39.6 Å². The minimum absolute atomic E-state index is 0.0337. The molecule has 0 unspecified atom stereocenters. The molecular weight excluding hydrogens is 290 g/mol. The summed E-state index contributed by atoms with van der Waals surface area (Å²) in [5.74, 6) is 1.37. The highest BCUT2D eigenvalue weighted by molar-refractivity contribution is 6.16. The van der Waals surface area contributed by atoms with Crippen LogP contribution in [0.2, 0.25) is 0 Å². The number of aromatic nitrogens is 4. The molecule has 1 amide bonds. The van der Waals surface area contributed by atoms with E-state index in [0.717, 1.165) is 23.3 Å². The van der Waals surface area contributed by atoms with E-state index in [1.165, 1.54) is 0 Å². The molecule has 0 saturated carbocycles. The van der Waals surface area contributed by atoms with Crippen molar-refractivity contribution in [2.75, 3.05) is 6.54 Å². The maximum Gasteiger partial charge on any atom is 0.240 e. The topological polar surface area (TPSA) is 64.7 Å². The summed E-state index contributed by atoms with van der Waals surface area (Å²) >= 11 is 5.97. The van der Waals surface area contributed by atoms with Gasteiger partial charge in [0.05, 0.1) is 11.6 Å². The number of amides is 1. The minimum Gasteiger partial charge on any atom is -0.354 e. The normalized spacial score (nSPS) is 11.5. The Kier molecular flexibility index (Phi) is 4.88. The quantitative estimate of drug-likeness (QED) is 0.828. The number of fused-ring (bicyclic) bond motifs is 1. The molecule has 0 aliphatic carbocycles. The molecule has 0 aromatic carbocycles. The Morgan fingerprint density at radius 3 is 2.71 bits per heavy atom. The summed E-state index contributed by atoms with van der Waals surface area (Å²) in [5, 5.41) is 7.36. The maximum atomic E-state index is 12.1. The lowest BCUT2D eigenvalue weighted by Crippen LogP contribution is -2.31. The predicted octanol–water partition coefficient (Wildman–Crippen LogP) is 1.84. The van der Waals surface area contributed by atoms with Gasteiger partial charge in [0, 0.05) is 13.6 Å². The van der Waals surface area contributed by atoms with Gasteiger partial charge in [-0.1, -0.05) is 20.8 Å². The van der Waals surface area contributed by atoms with Crippen LogP contribution in [0.15, 0.2) is 0 Å². The Hall–Kier alpha value is -1.56. The first-order valence-electron chi connectivity index (χ1n) is 7.21. The number of hydrogen-bond donors (Lipinski definition) is 1. The zero-order chi connectivity index (χ0) is 15.6. The average Bonchev–Trinajstić information content (AvgIpc) is 2.95.